The van der Waals surface area contributed by atoms with Gasteiger partial charge in [-0.15, -0.1) is 0 Å². The number of non-ortho nitro benzene ring substituents is 1. The summed E-state index contributed by atoms with van der Waals surface area (Å²) >= 11 is 0. The summed E-state index contributed by atoms with van der Waals surface area (Å²) in [5.74, 6) is -3.24. The van der Waals surface area contributed by atoms with Gasteiger partial charge in [-0.1, -0.05) is 6.07 Å². The van der Waals surface area contributed by atoms with Crippen molar-refractivity contribution < 1.29 is 24.0 Å². The summed E-state index contributed by atoms with van der Waals surface area (Å²) in [4.78, 5) is 47.5. The normalized spacial score (nSPS) is 22.5. The Morgan fingerprint density at radius 2 is 2.13 bits per heavy atom. The monoisotopic (exact) mass is 318 g/mol. The quantitative estimate of drug-likeness (QED) is 0.346. The Labute approximate surface area is 128 Å². The van der Waals surface area contributed by atoms with Gasteiger partial charge >= 0.3 is 5.97 Å². The van der Waals surface area contributed by atoms with Crippen molar-refractivity contribution in [1.82, 2.24) is 5.43 Å². The van der Waals surface area contributed by atoms with Crippen LogP contribution >= 0.6 is 0 Å². The van der Waals surface area contributed by atoms with E-state index in [1.807, 2.05) is 0 Å². The fourth-order valence-electron chi connectivity index (χ4n) is 2.56. The van der Waals surface area contributed by atoms with Crippen LogP contribution in [0.1, 0.15) is 0 Å². The molecule has 1 fully saturated rings. The lowest BCUT2D eigenvalue weighted by Crippen LogP contribution is -2.36. The van der Waals surface area contributed by atoms with Gasteiger partial charge in [-0.05, 0) is 6.07 Å². The summed E-state index contributed by atoms with van der Waals surface area (Å²) in [6.45, 7) is 0. The Bertz CT molecular complexity index is 773. The van der Waals surface area contributed by atoms with Crippen molar-refractivity contribution >= 4 is 34.9 Å². The number of ether oxygens (including phenoxy) is 1. The number of benzene rings is 1. The van der Waals surface area contributed by atoms with Crippen LogP contribution in [-0.4, -0.2) is 41.6 Å². The second-order valence-electron chi connectivity index (χ2n) is 4.86. The van der Waals surface area contributed by atoms with Gasteiger partial charge in [0.15, 0.2) is 5.71 Å². The minimum absolute atomic E-state index is 0.0645. The molecule has 23 heavy (non-hydrogen) atoms. The average Bonchev–Trinajstić information content (AvgIpc) is 3.08. The van der Waals surface area contributed by atoms with Crippen LogP contribution in [0.5, 0.6) is 0 Å². The maximum atomic E-state index is 12.5. The molecule has 0 spiro atoms. The standard InChI is InChI=1S/C13H10N4O6/c1-23-13(20)10-8-9(14-15-10)12(19)16(11(8)18)6-3-2-4-7(5-6)17(21)22/h2-5,8-9,14H,1H3/t8-,9+/m1/s1. The van der Waals surface area contributed by atoms with Crippen LogP contribution in [-0.2, 0) is 19.1 Å². The third-order valence-electron chi connectivity index (χ3n) is 3.62. The Morgan fingerprint density at radius 3 is 2.78 bits per heavy atom. The van der Waals surface area contributed by atoms with E-state index in [0.29, 0.717) is 0 Å². The number of nitro groups is 1. The molecule has 2 atom stereocenters. The minimum atomic E-state index is -1.10. The number of carbonyl (C=O) groups is 3. The lowest BCUT2D eigenvalue weighted by molar-refractivity contribution is -0.384. The number of imide groups is 1. The van der Waals surface area contributed by atoms with Crippen molar-refractivity contribution in [3.63, 3.8) is 0 Å². The van der Waals surface area contributed by atoms with Crippen LogP contribution in [0.15, 0.2) is 29.4 Å². The smallest absolute Gasteiger partial charge is 0.355 e. The predicted molar refractivity (Wildman–Crippen MR) is 75.5 cm³/mol. The van der Waals surface area contributed by atoms with E-state index in [9.17, 15) is 24.5 Å². The van der Waals surface area contributed by atoms with Crippen molar-refractivity contribution in [3.05, 3.63) is 34.4 Å². The molecule has 0 saturated carbocycles. The van der Waals surface area contributed by atoms with Gasteiger partial charge < -0.3 is 4.74 Å². The predicted octanol–water partition coefficient (Wildman–Crippen LogP) is -0.415. The first kappa shape index (κ1) is 14.6. The highest BCUT2D eigenvalue weighted by molar-refractivity contribution is 6.46. The number of esters is 1. The zero-order valence-corrected chi connectivity index (χ0v) is 11.8. The van der Waals surface area contributed by atoms with Crippen molar-refractivity contribution in [2.75, 3.05) is 12.0 Å². The number of hydrogen-bond acceptors (Lipinski definition) is 8. The van der Waals surface area contributed by atoms with Gasteiger partial charge in [0.1, 0.15) is 12.0 Å². The molecule has 2 aliphatic rings. The molecule has 10 heteroatoms. The van der Waals surface area contributed by atoms with Gasteiger partial charge in [-0.3, -0.25) is 25.1 Å². The fourth-order valence-corrected chi connectivity index (χ4v) is 2.56. The highest BCUT2D eigenvalue weighted by atomic mass is 16.6. The van der Waals surface area contributed by atoms with Crippen LogP contribution in [0.25, 0.3) is 0 Å². The number of nitrogens with zero attached hydrogens (tertiary/aromatic N) is 3. The number of anilines is 1. The molecule has 2 aliphatic heterocycles. The molecule has 118 valence electrons. The highest BCUT2D eigenvalue weighted by Crippen LogP contribution is 2.32. The first-order valence-electron chi connectivity index (χ1n) is 6.49. The fraction of sp³-hybridized carbons (Fsp3) is 0.231. The SMILES string of the molecule is COC(=O)C1=NN[C@@H]2C(=O)N(c3cccc([N+](=O)[O-])c3)C(=O)[C@@H]12. The molecule has 0 radical (unpaired) electrons. The molecule has 0 aliphatic carbocycles. The number of rotatable bonds is 3. The lowest BCUT2D eigenvalue weighted by atomic mass is 9.99. The van der Waals surface area contributed by atoms with E-state index in [4.69, 9.17) is 0 Å². The van der Waals surface area contributed by atoms with Gasteiger partial charge in [0, 0.05) is 12.1 Å². The molecular formula is C13H10N4O6. The van der Waals surface area contributed by atoms with Gasteiger partial charge in [0.25, 0.3) is 11.6 Å². The minimum Gasteiger partial charge on any atom is -0.464 e. The molecule has 0 bridgehead atoms. The zero-order valence-electron chi connectivity index (χ0n) is 11.8. The molecule has 1 aromatic rings. The lowest BCUT2D eigenvalue weighted by Gasteiger charge is -2.15. The third-order valence-corrected chi connectivity index (χ3v) is 3.62. The number of amides is 2. The Morgan fingerprint density at radius 1 is 1.39 bits per heavy atom. The summed E-state index contributed by atoms with van der Waals surface area (Å²) in [7, 11) is 1.14. The Kier molecular flexibility index (Phi) is 3.28. The summed E-state index contributed by atoms with van der Waals surface area (Å²) in [6, 6.07) is 4.11. The molecule has 1 N–H and O–H groups in total. The van der Waals surface area contributed by atoms with Gasteiger partial charge in [0.2, 0.25) is 5.91 Å². The maximum Gasteiger partial charge on any atom is 0.355 e. The molecule has 1 saturated heterocycles. The van der Waals surface area contributed by atoms with Crippen LogP contribution < -0.4 is 10.3 Å². The van der Waals surface area contributed by atoms with E-state index in [-0.39, 0.29) is 17.1 Å². The maximum absolute atomic E-state index is 12.5. The number of carbonyl (C=O) groups excluding carboxylic acids is 3. The second-order valence-corrected chi connectivity index (χ2v) is 4.86. The van der Waals surface area contributed by atoms with E-state index < -0.39 is 34.7 Å². The van der Waals surface area contributed by atoms with Gasteiger partial charge in [0.05, 0.1) is 17.7 Å². The zero-order chi connectivity index (χ0) is 16.7. The van der Waals surface area contributed by atoms with Crippen LogP contribution in [0.3, 0.4) is 0 Å². The molecular weight excluding hydrogens is 308 g/mol. The van der Waals surface area contributed by atoms with E-state index in [0.717, 1.165) is 18.1 Å². The summed E-state index contributed by atoms with van der Waals surface area (Å²) in [5.41, 5.74) is 2.06. The first-order valence-corrected chi connectivity index (χ1v) is 6.49. The van der Waals surface area contributed by atoms with Crippen molar-refractivity contribution in [1.29, 1.82) is 0 Å². The number of hydrazone groups is 1. The highest BCUT2D eigenvalue weighted by Gasteiger charge is 2.55. The first-order chi connectivity index (χ1) is 11.0. The third kappa shape index (κ3) is 2.11. The second kappa shape index (κ2) is 5.16. The van der Waals surface area contributed by atoms with Crippen molar-refractivity contribution in [2.24, 2.45) is 11.0 Å². The number of methoxy groups -OCH3 is 1. The summed E-state index contributed by atoms with van der Waals surface area (Å²) in [6.07, 6.45) is 0. The van der Waals surface area contributed by atoms with Crippen molar-refractivity contribution in [3.8, 4) is 0 Å². The van der Waals surface area contributed by atoms with Crippen LogP contribution in [0.2, 0.25) is 0 Å². The van der Waals surface area contributed by atoms with E-state index in [1.165, 1.54) is 18.2 Å². The summed E-state index contributed by atoms with van der Waals surface area (Å²) in [5, 5.41) is 14.5. The Hall–Kier alpha value is -3.30. The van der Waals surface area contributed by atoms with Crippen LogP contribution in [0, 0.1) is 16.0 Å². The largest absolute Gasteiger partial charge is 0.464 e. The number of nitrogens with one attached hydrogen (secondary N) is 1. The molecule has 0 aromatic heterocycles. The number of hydrogen-bond donors (Lipinski definition) is 1. The Balaban J connectivity index is 1.98. The van der Waals surface area contributed by atoms with Crippen LogP contribution in [0.4, 0.5) is 11.4 Å². The molecule has 3 rings (SSSR count). The number of fused-ring (bicyclic) bond motifs is 1. The molecule has 1 aromatic carbocycles. The summed E-state index contributed by atoms with van der Waals surface area (Å²) < 4.78 is 4.54. The topological polar surface area (TPSA) is 131 Å². The molecule has 0 unspecified atom stereocenters. The molecule has 2 heterocycles. The van der Waals surface area contributed by atoms with Gasteiger partial charge in [-0.25, -0.2) is 9.69 Å². The van der Waals surface area contributed by atoms with E-state index in [1.54, 1.807) is 0 Å². The van der Waals surface area contributed by atoms with E-state index >= 15 is 0 Å². The molecule has 10 nitrogen and oxygen atoms in total. The average molecular weight is 318 g/mol. The molecule has 2 amide bonds. The van der Waals surface area contributed by atoms with Gasteiger partial charge in [-0.2, -0.15) is 5.10 Å². The number of nitro benzene ring substituents is 1. The van der Waals surface area contributed by atoms with E-state index in [2.05, 4.69) is 15.3 Å². The van der Waals surface area contributed by atoms with Crippen molar-refractivity contribution in [2.45, 2.75) is 6.04 Å².